The number of hydrogen-bond donors (Lipinski definition) is 2. The van der Waals surface area contributed by atoms with Gasteiger partial charge in [-0.1, -0.05) is 6.42 Å². The zero-order chi connectivity index (χ0) is 18.6. The van der Waals surface area contributed by atoms with Gasteiger partial charge in [0.05, 0.1) is 11.8 Å². The van der Waals surface area contributed by atoms with Gasteiger partial charge in [0.15, 0.2) is 5.89 Å². The molecular formula is C18H29N3O4. The maximum Gasteiger partial charge on any atom is 0.291 e. The molecule has 1 heterocycles. The van der Waals surface area contributed by atoms with Gasteiger partial charge in [-0.05, 0) is 39.5 Å². The highest BCUT2D eigenvalue weighted by Gasteiger charge is 2.28. The minimum atomic E-state index is -0.364. The number of hydrogen-bond acceptors (Lipinski definition) is 5. The fourth-order valence-corrected chi connectivity index (χ4v) is 3.34. The molecule has 0 aromatic carbocycles. The lowest BCUT2D eigenvalue weighted by Crippen LogP contribution is -2.42. The largest absolute Gasteiger partial charge is 0.436 e. The van der Waals surface area contributed by atoms with Gasteiger partial charge in [0, 0.05) is 32.5 Å². The molecule has 1 saturated carbocycles. The van der Waals surface area contributed by atoms with E-state index >= 15 is 0 Å². The Morgan fingerprint density at radius 1 is 1.36 bits per heavy atom. The van der Waals surface area contributed by atoms with Crippen molar-refractivity contribution in [3.63, 3.8) is 0 Å². The Morgan fingerprint density at radius 3 is 2.60 bits per heavy atom. The molecule has 2 atom stereocenters. The predicted molar refractivity (Wildman–Crippen MR) is 93.1 cm³/mol. The summed E-state index contributed by atoms with van der Waals surface area (Å²) in [5.41, 5.74) is 0.576. The molecule has 0 aliphatic heterocycles. The van der Waals surface area contributed by atoms with Gasteiger partial charge < -0.3 is 19.7 Å². The highest BCUT2D eigenvalue weighted by atomic mass is 16.4. The minimum Gasteiger partial charge on any atom is -0.436 e. The van der Waals surface area contributed by atoms with Crippen LogP contribution < -0.4 is 5.32 Å². The average Bonchev–Trinajstić information content (AvgIpc) is 3.08. The van der Waals surface area contributed by atoms with Gasteiger partial charge in [0.2, 0.25) is 11.7 Å². The Kier molecular flexibility index (Phi) is 6.58. The Hall–Kier alpha value is -1.89. The lowest BCUT2D eigenvalue weighted by atomic mass is 10.0. The van der Waals surface area contributed by atoms with Crippen LogP contribution in [-0.2, 0) is 4.79 Å². The van der Waals surface area contributed by atoms with Crippen LogP contribution >= 0.6 is 0 Å². The zero-order valence-corrected chi connectivity index (χ0v) is 15.5. The first-order valence-corrected chi connectivity index (χ1v) is 8.99. The van der Waals surface area contributed by atoms with Gasteiger partial charge >= 0.3 is 0 Å². The fourth-order valence-electron chi connectivity index (χ4n) is 3.34. The van der Waals surface area contributed by atoms with Crippen molar-refractivity contribution in [3.05, 3.63) is 17.3 Å². The Balaban J connectivity index is 1.86. The van der Waals surface area contributed by atoms with Crippen LogP contribution in [-0.4, -0.2) is 52.0 Å². The number of rotatable bonds is 7. The number of oxazole rings is 1. The lowest BCUT2D eigenvalue weighted by molar-refractivity contribution is -0.122. The van der Waals surface area contributed by atoms with Gasteiger partial charge in [-0.15, -0.1) is 0 Å². The Morgan fingerprint density at radius 2 is 2.08 bits per heavy atom. The summed E-state index contributed by atoms with van der Waals surface area (Å²) in [4.78, 5) is 30.5. The molecule has 0 spiro atoms. The number of aryl methyl sites for hydroxylation is 2. The molecule has 7 nitrogen and oxygen atoms in total. The van der Waals surface area contributed by atoms with Crippen LogP contribution in [0.25, 0.3) is 0 Å². The number of amides is 2. The van der Waals surface area contributed by atoms with Crippen molar-refractivity contribution in [2.45, 2.75) is 65.5 Å². The second-order valence-electron chi connectivity index (χ2n) is 7.05. The van der Waals surface area contributed by atoms with Gasteiger partial charge in [0.25, 0.3) is 5.91 Å². The molecule has 0 saturated heterocycles. The van der Waals surface area contributed by atoms with E-state index < -0.39 is 0 Å². The predicted octanol–water partition coefficient (Wildman–Crippen LogP) is 1.81. The topological polar surface area (TPSA) is 95.7 Å². The third kappa shape index (κ3) is 5.04. The van der Waals surface area contributed by atoms with Gasteiger partial charge in [-0.25, -0.2) is 4.98 Å². The fraction of sp³-hybridized carbons (Fsp3) is 0.722. The number of aromatic nitrogens is 1. The van der Waals surface area contributed by atoms with Crippen molar-refractivity contribution < 1.29 is 19.1 Å². The summed E-state index contributed by atoms with van der Waals surface area (Å²) >= 11 is 0. The number of aliphatic hydroxyl groups is 1. The summed E-state index contributed by atoms with van der Waals surface area (Å²) in [7, 11) is 0. The van der Waals surface area contributed by atoms with Crippen molar-refractivity contribution in [3.8, 4) is 0 Å². The molecule has 0 radical (unpaired) electrons. The summed E-state index contributed by atoms with van der Waals surface area (Å²) < 4.78 is 5.42. The summed E-state index contributed by atoms with van der Waals surface area (Å²) in [6.07, 6.45) is 2.64. The van der Waals surface area contributed by atoms with Crippen LogP contribution in [0.1, 0.15) is 61.7 Å². The van der Waals surface area contributed by atoms with E-state index in [2.05, 4.69) is 10.3 Å². The molecule has 1 fully saturated rings. The summed E-state index contributed by atoms with van der Waals surface area (Å²) in [5, 5.41) is 12.7. The molecule has 0 bridgehead atoms. The van der Waals surface area contributed by atoms with Crippen LogP contribution in [0.4, 0.5) is 0 Å². The number of carbonyl (C=O) groups is 2. The van der Waals surface area contributed by atoms with E-state index in [1.165, 1.54) is 0 Å². The molecule has 1 aliphatic carbocycles. The average molecular weight is 351 g/mol. The molecule has 25 heavy (non-hydrogen) atoms. The number of aliphatic hydroxyl groups excluding tert-OH is 1. The van der Waals surface area contributed by atoms with E-state index in [0.29, 0.717) is 31.1 Å². The second kappa shape index (κ2) is 8.47. The second-order valence-corrected chi connectivity index (χ2v) is 7.05. The standard InChI is InChI=1S/C18H29N3O4/c1-11(2)21(18(24)17-12(3)20-13(4)25-17)9-8-19-16(23)10-14-6-5-7-15(14)22/h11,14-15,22H,5-10H2,1-4H3,(H,19,23)/t14-,15+/m0/s1. The summed E-state index contributed by atoms with van der Waals surface area (Å²) in [6.45, 7) is 8.07. The van der Waals surface area contributed by atoms with Crippen molar-refractivity contribution in [2.75, 3.05) is 13.1 Å². The van der Waals surface area contributed by atoms with E-state index in [0.717, 1.165) is 19.3 Å². The maximum absolute atomic E-state index is 12.7. The number of carbonyl (C=O) groups excluding carboxylic acids is 2. The van der Waals surface area contributed by atoms with Crippen LogP contribution in [0.15, 0.2) is 4.42 Å². The van der Waals surface area contributed by atoms with Crippen molar-refractivity contribution in [1.29, 1.82) is 0 Å². The van der Waals surface area contributed by atoms with Crippen molar-refractivity contribution in [1.82, 2.24) is 15.2 Å². The molecule has 140 valence electrons. The van der Waals surface area contributed by atoms with Gasteiger partial charge in [-0.3, -0.25) is 9.59 Å². The molecule has 7 heteroatoms. The highest BCUT2D eigenvalue weighted by Crippen LogP contribution is 2.27. The molecule has 1 aliphatic rings. The van der Waals surface area contributed by atoms with E-state index in [-0.39, 0.29) is 35.6 Å². The van der Waals surface area contributed by atoms with E-state index in [1.807, 2.05) is 13.8 Å². The summed E-state index contributed by atoms with van der Waals surface area (Å²) in [6, 6.07) is -0.0223. The third-order valence-electron chi connectivity index (χ3n) is 4.72. The van der Waals surface area contributed by atoms with E-state index in [4.69, 9.17) is 4.42 Å². The number of nitrogens with one attached hydrogen (secondary N) is 1. The first-order chi connectivity index (χ1) is 11.8. The van der Waals surface area contributed by atoms with E-state index in [1.54, 1.807) is 18.7 Å². The molecule has 2 amide bonds. The molecule has 2 N–H and O–H groups in total. The molecule has 2 rings (SSSR count). The minimum absolute atomic E-state index is 0.0223. The van der Waals surface area contributed by atoms with Crippen molar-refractivity contribution >= 4 is 11.8 Å². The monoisotopic (exact) mass is 351 g/mol. The van der Waals surface area contributed by atoms with Gasteiger partial charge in [0.1, 0.15) is 0 Å². The first kappa shape index (κ1) is 19.4. The lowest BCUT2D eigenvalue weighted by Gasteiger charge is -2.26. The van der Waals surface area contributed by atoms with Crippen LogP contribution in [0.2, 0.25) is 0 Å². The summed E-state index contributed by atoms with van der Waals surface area (Å²) in [5.74, 6) is 0.490. The maximum atomic E-state index is 12.7. The molecular weight excluding hydrogens is 322 g/mol. The molecule has 1 aromatic heterocycles. The van der Waals surface area contributed by atoms with Crippen molar-refractivity contribution in [2.24, 2.45) is 5.92 Å². The molecule has 1 aromatic rings. The number of nitrogens with zero attached hydrogens (tertiary/aromatic N) is 2. The molecule has 0 unspecified atom stereocenters. The van der Waals surface area contributed by atoms with E-state index in [9.17, 15) is 14.7 Å². The van der Waals surface area contributed by atoms with Crippen LogP contribution in [0.5, 0.6) is 0 Å². The SMILES string of the molecule is Cc1nc(C)c(C(=O)N(CCNC(=O)C[C@@H]2CCC[C@H]2O)C(C)C)o1. The van der Waals surface area contributed by atoms with Crippen LogP contribution in [0.3, 0.4) is 0 Å². The smallest absolute Gasteiger partial charge is 0.291 e. The quantitative estimate of drug-likeness (QED) is 0.781. The van der Waals surface area contributed by atoms with Gasteiger partial charge in [-0.2, -0.15) is 0 Å². The highest BCUT2D eigenvalue weighted by molar-refractivity contribution is 5.92. The van der Waals surface area contributed by atoms with Crippen LogP contribution in [0, 0.1) is 19.8 Å². The first-order valence-electron chi connectivity index (χ1n) is 8.99. The zero-order valence-electron chi connectivity index (χ0n) is 15.5. The Labute approximate surface area is 148 Å². The Bertz CT molecular complexity index is 611. The normalized spacial score (nSPS) is 20.1. The third-order valence-corrected chi connectivity index (χ3v) is 4.72.